The maximum absolute atomic E-state index is 9.17. The van der Waals surface area contributed by atoms with Gasteiger partial charge in [-0.1, -0.05) is 11.6 Å². The summed E-state index contributed by atoms with van der Waals surface area (Å²) in [5.74, 6) is 0.0285. The van der Waals surface area contributed by atoms with E-state index in [0.717, 1.165) is 0 Å². The SMILES string of the molecule is CN/C=C\C(=N)c1ccc(O)c(Cl)c1. The van der Waals surface area contributed by atoms with Gasteiger partial charge in [0.15, 0.2) is 0 Å². The van der Waals surface area contributed by atoms with Gasteiger partial charge in [-0.15, -0.1) is 0 Å². The molecule has 1 aromatic rings. The Kier molecular flexibility index (Phi) is 3.54. The minimum absolute atomic E-state index is 0.0285. The minimum atomic E-state index is 0.0285. The first-order valence-corrected chi connectivity index (χ1v) is 4.44. The molecule has 14 heavy (non-hydrogen) atoms. The summed E-state index contributed by atoms with van der Waals surface area (Å²) in [6, 6.07) is 4.67. The molecule has 0 saturated carbocycles. The van der Waals surface area contributed by atoms with Crippen LogP contribution in [0.2, 0.25) is 5.02 Å². The molecule has 0 saturated heterocycles. The maximum Gasteiger partial charge on any atom is 0.134 e. The standard InChI is InChI=1S/C10H11ClN2O/c1-13-5-4-9(12)7-2-3-10(14)8(11)6-7/h2-6,12-14H,1H3/b5-4-,12-9?. The van der Waals surface area contributed by atoms with Gasteiger partial charge in [0.25, 0.3) is 0 Å². The van der Waals surface area contributed by atoms with Gasteiger partial charge in [-0.25, -0.2) is 0 Å². The molecule has 0 bridgehead atoms. The fourth-order valence-electron chi connectivity index (χ4n) is 0.937. The van der Waals surface area contributed by atoms with Crippen LogP contribution in [0.15, 0.2) is 30.5 Å². The van der Waals surface area contributed by atoms with Gasteiger partial charge in [0.2, 0.25) is 0 Å². The highest BCUT2D eigenvalue weighted by Gasteiger charge is 2.02. The van der Waals surface area contributed by atoms with Crippen LogP contribution in [0.1, 0.15) is 5.56 Å². The highest BCUT2D eigenvalue weighted by atomic mass is 35.5. The number of hydrogen-bond acceptors (Lipinski definition) is 3. The Hall–Kier alpha value is -1.48. The number of hydrogen-bond donors (Lipinski definition) is 3. The second-order valence-corrected chi connectivity index (χ2v) is 3.11. The third kappa shape index (κ3) is 2.50. The Labute approximate surface area is 87.5 Å². The van der Waals surface area contributed by atoms with Gasteiger partial charge in [-0.3, -0.25) is 0 Å². The first kappa shape index (κ1) is 10.6. The van der Waals surface area contributed by atoms with Gasteiger partial charge in [-0.05, 0) is 30.5 Å². The van der Waals surface area contributed by atoms with Crippen molar-refractivity contribution < 1.29 is 5.11 Å². The molecule has 0 aliphatic heterocycles. The summed E-state index contributed by atoms with van der Waals surface area (Å²) < 4.78 is 0. The summed E-state index contributed by atoms with van der Waals surface area (Å²) in [6.45, 7) is 0. The van der Waals surface area contributed by atoms with Crippen LogP contribution >= 0.6 is 11.6 Å². The molecule has 0 atom stereocenters. The molecule has 0 aromatic heterocycles. The number of benzene rings is 1. The quantitative estimate of drug-likeness (QED) is 0.670. The van der Waals surface area contributed by atoms with Crippen LogP contribution in [0, 0.1) is 5.41 Å². The van der Waals surface area contributed by atoms with Gasteiger partial charge >= 0.3 is 0 Å². The van der Waals surface area contributed by atoms with Gasteiger partial charge in [0.1, 0.15) is 5.75 Å². The van der Waals surface area contributed by atoms with Crippen molar-refractivity contribution in [3.05, 3.63) is 41.1 Å². The average Bonchev–Trinajstić information content (AvgIpc) is 2.18. The Balaban J connectivity index is 2.91. The van der Waals surface area contributed by atoms with E-state index >= 15 is 0 Å². The molecule has 0 aliphatic rings. The Morgan fingerprint density at radius 1 is 1.57 bits per heavy atom. The number of phenols is 1. The molecular weight excluding hydrogens is 200 g/mol. The van der Waals surface area contributed by atoms with E-state index in [9.17, 15) is 0 Å². The molecule has 0 aliphatic carbocycles. The highest BCUT2D eigenvalue weighted by Crippen LogP contribution is 2.23. The molecule has 0 unspecified atom stereocenters. The van der Waals surface area contributed by atoms with Crippen molar-refractivity contribution in [1.82, 2.24) is 5.32 Å². The first-order chi connectivity index (χ1) is 6.65. The minimum Gasteiger partial charge on any atom is -0.506 e. The van der Waals surface area contributed by atoms with Crippen LogP contribution in [0.3, 0.4) is 0 Å². The van der Waals surface area contributed by atoms with E-state index in [1.165, 1.54) is 6.07 Å². The molecule has 3 N–H and O–H groups in total. The Bertz CT molecular complexity index is 374. The number of phenolic OH excluding ortho intramolecular Hbond substituents is 1. The van der Waals surface area contributed by atoms with Crippen molar-refractivity contribution in [3.8, 4) is 5.75 Å². The Morgan fingerprint density at radius 3 is 2.86 bits per heavy atom. The van der Waals surface area contributed by atoms with Gasteiger partial charge in [0.05, 0.1) is 10.7 Å². The Morgan fingerprint density at radius 2 is 2.29 bits per heavy atom. The van der Waals surface area contributed by atoms with Crippen molar-refractivity contribution in [2.24, 2.45) is 0 Å². The van der Waals surface area contributed by atoms with Gasteiger partial charge in [-0.2, -0.15) is 0 Å². The van der Waals surface area contributed by atoms with E-state index in [4.69, 9.17) is 22.1 Å². The average molecular weight is 211 g/mol. The largest absolute Gasteiger partial charge is 0.506 e. The van der Waals surface area contributed by atoms with Crippen LogP contribution in [-0.2, 0) is 0 Å². The topological polar surface area (TPSA) is 56.1 Å². The summed E-state index contributed by atoms with van der Waals surface area (Å²) in [7, 11) is 1.76. The molecular formula is C10H11ClN2O. The van der Waals surface area contributed by atoms with Crippen LogP contribution in [0.25, 0.3) is 0 Å². The normalized spacial score (nSPS) is 10.4. The van der Waals surface area contributed by atoms with Crippen molar-refractivity contribution >= 4 is 17.3 Å². The summed E-state index contributed by atoms with van der Waals surface area (Å²) in [6.07, 6.45) is 3.27. The molecule has 0 fully saturated rings. The number of aromatic hydroxyl groups is 1. The molecule has 0 radical (unpaired) electrons. The maximum atomic E-state index is 9.17. The highest BCUT2D eigenvalue weighted by molar-refractivity contribution is 6.32. The van der Waals surface area contributed by atoms with E-state index in [2.05, 4.69) is 5.32 Å². The third-order valence-corrected chi connectivity index (χ3v) is 1.98. The van der Waals surface area contributed by atoms with Gasteiger partial charge < -0.3 is 15.8 Å². The lowest BCUT2D eigenvalue weighted by molar-refractivity contribution is 0.475. The predicted octanol–water partition coefficient (Wildman–Crippen LogP) is 2.15. The molecule has 1 aromatic carbocycles. The lowest BCUT2D eigenvalue weighted by Crippen LogP contribution is -1.98. The summed E-state index contributed by atoms with van der Waals surface area (Å²) in [5, 5.41) is 19.8. The van der Waals surface area contributed by atoms with Crippen LogP contribution in [0.4, 0.5) is 0 Å². The van der Waals surface area contributed by atoms with Crippen molar-refractivity contribution in [2.75, 3.05) is 7.05 Å². The lowest BCUT2D eigenvalue weighted by atomic mass is 10.1. The molecule has 74 valence electrons. The number of allylic oxidation sites excluding steroid dienone is 1. The van der Waals surface area contributed by atoms with Crippen LogP contribution in [0.5, 0.6) is 5.75 Å². The van der Waals surface area contributed by atoms with E-state index in [-0.39, 0.29) is 10.8 Å². The second-order valence-electron chi connectivity index (χ2n) is 2.70. The molecule has 4 heteroatoms. The number of rotatable bonds is 3. The molecule has 0 spiro atoms. The second kappa shape index (κ2) is 4.67. The number of nitrogens with one attached hydrogen (secondary N) is 2. The lowest BCUT2D eigenvalue weighted by Gasteiger charge is -2.01. The van der Waals surface area contributed by atoms with E-state index in [1.54, 1.807) is 31.5 Å². The van der Waals surface area contributed by atoms with E-state index < -0.39 is 0 Å². The van der Waals surface area contributed by atoms with Crippen LogP contribution < -0.4 is 5.32 Å². The number of halogens is 1. The van der Waals surface area contributed by atoms with Crippen LogP contribution in [-0.4, -0.2) is 17.9 Å². The zero-order valence-corrected chi connectivity index (χ0v) is 8.47. The predicted molar refractivity (Wildman–Crippen MR) is 58.1 cm³/mol. The summed E-state index contributed by atoms with van der Waals surface area (Å²) in [5.41, 5.74) is 1.00. The molecule has 0 heterocycles. The summed E-state index contributed by atoms with van der Waals surface area (Å²) >= 11 is 5.71. The van der Waals surface area contributed by atoms with Crippen molar-refractivity contribution in [2.45, 2.75) is 0 Å². The summed E-state index contributed by atoms with van der Waals surface area (Å²) in [4.78, 5) is 0. The monoisotopic (exact) mass is 210 g/mol. The zero-order chi connectivity index (χ0) is 10.6. The fourth-order valence-corrected chi connectivity index (χ4v) is 1.12. The molecule has 1 rings (SSSR count). The zero-order valence-electron chi connectivity index (χ0n) is 7.71. The first-order valence-electron chi connectivity index (χ1n) is 4.06. The molecule has 3 nitrogen and oxygen atoms in total. The smallest absolute Gasteiger partial charge is 0.134 e. The fraction of sp³-hybridized carbons (Fsp3) is 0.100. The van der Waals surface area contributed by atoms with Crippen molar-refractivity contribution in [1.29, 1.82) is 5.41 Å². The van der Waals surface area contributed by atoms with Crippen molar-refractivity contribution in [3.63, 3.8) is 0 Å². The van der Waals surface area contributed by atoms with Gasteiger partial charge in [0, 0.05) is 12.6 Å². The third-order valence-electron chi connectivity index (χ3n) is 1.68. The van der Waals surface area contributed by atoms with E-state index in [0.29, 0.717) is 11.3 Å². The molecule has 0 amide bonds. The van der Waals surface area contributed by atoms with E-state index in [1.807, 2.05) is 0 Å².